The number of nitrogens with zero attached hydrogens (tertiary/aromatic N) is 2. The van der Waals surface area contributed by atoms with Gasteiger partial charge in [0.25, 0.3) is 0 Å². The molecule has 1 N–H and O–H groups in total. The molecule has 0 aliphatic carbocycles. The standard InChI is InChI=1S/C26H35N3O4/c1-5-15-28(19(2)26(31)27-20-10-7-6-8-11-20)18-25(30)29-16-9-12-23(29)22-14-13-21(32-3)17-24(22)33-4/h6-8,10-11,13-14,17,19,23H,5,9,12,15-16,18H2,1-4H3,(H,27,31). The van der Waals surface area contributed by atoms with Crippen molar-refractivity contribution in [3.05, 3.63) is 54.1 Å². The summed E-state index contributed by atoms with van der Waals surface area (Å²) in [6.07, 6.45) is 2.67. The van der Waals surface area contributed by atoms with Gasteiger partial charge < -0.3 is 19.7 Å². The van der Waals surface area contributed by atoms with Crippen molar-refractivity contribution in [2.45, 2.75) is 45.2 Å². The van der Waals surface area contributed by atoms with Gasteiger partial charge in [-0.3, -0.25) is 14.5 Å². The molecule has 2 aromatic rings. The van der Waals surface area contributed by atoms with E-state index in [2.05, 4.69) is 12.2 Å². The van der Waals surface area contributed by atoms with Crippen LogP contribution in [0.25, 0.3) is 0 Å². The van der Waals surface area contributed by atoms with Gasteiger partial charge in [-0.15, -0.1) is 0 Å². The average molecular weight is 454 g/mol. The SMILES string of the molecule is CCCN(CC(=O)N1CCCC1c1ccc(OC)cc1OC)C(C)C(=O)Nc1ccccc1. The predicted molar refractivity (Wildman–Crippen MR) is 130 cm³/mol. The minimum Gasteiger partial charge on any atom is -0.497 e. The van der Waals surface area contributed by atoms with Gasteiger partial charge in [-0.25, -0.2) is 0 Å². The van der Waals surface area contributed by atoms with E-state index in [1.165, 1.54) is 0 Å². The van der Waals surface area contributed by atoms with Crippen LogP contribution < -0.4 is 14.8 Å². The van der Waals surface area contributed by atoms with Crippen molar-refractivity contribution in [3.8, 4) is 11.5 Å². The summed E-state index contributed by atoms with van der Waals surface area (Å²) in [6, 6.07) is 14.7. The van der Waals surface area contributed by atoms with Crippen molar-refractivity contribution in [1.29, 1.82) is 0 Å². The van der Waals surface area contributed by atoms with Gasteiger partial charge in [-0.05, 0) is 57.0 Å². The maximum absolute atomic E-state index is 13.4. The molecule has 1 aliphatic heterocycles. The van der Waals surface area contributed by atoms with Crippen LogP contribution in [0.5, 0.6) is 11.5 Å². The second-order valence-corrected chi connectivity index (χ2v) is 8.35. The van der Waals surface area contributed by atoms with E-state index in [4.69, 9.17) is 9.47 Å². The van der Waals surface area contributed by atoms with Crippen LogP contribution in [0.3, 0.4) is 0 Å². The number of hydrogen-bond donors (Lipinski definition) is 1. The molecule has 0 aromatic heterocycles. The molecule has 0 saturated carbocycles. The predicted octanol–water partition coefficient (Wildman–Crippen LogP) is 4.11. The normalized spacial score (nSPS) is 16.5. The zero-order valence-electron chi connectivity index (χ0n) is 20.0. The summed E-state index contributed by atoms with van der Waals surface area (Å²) in [5, 5.41) is 2.95. The molecule has 1 heterocycles. The van der Waals surface area contributed by atoms with E-state index < -0.39 is 6.04 Å². The van der Waals surface area contributed by atoms with Crippen LogP contribution in [0.15, 0.2) is 48.5 Å². The number of rotatable bonds is 10. The molecule has 3 rings (SSSR count). The lowest BCUT2D eigenvalue weighted by Crippen LogP contribution is -2.48. The van der Waals surface area contributed by atoms with Crippen LogP contribution in [0.2, 0.25) is 0 Å². The summed E-state index contributed by atoms with van der Waals surface area (Å²) in [7, 11) is 3.26. The minimum absolute atomic E-state index is 0.0307. The fourth-order valence-electron chi connectivity index (χ4n) is 4.38. The zero-order valence-corrected chi connectivity index (χ0v) is 20.0. The van der Waals surface area contributed by atoms with Crippen LogP contribution in [0, 0.1) is 0 Å². The molecule has 0 spiro atoms. The van der Waals surface area contributed by atoms with Gasteiger partial charge >= 0.3 is 0 Å². The van der Waals surface area contributed by atoms with E-state index in [1.807, 2.05) is 65.3 Å². The van der Waals surface area contributed by atoms with E-state index in [1.54, 1.807) is 14.2 Å². The molecule has 2 unspecified atom stereocenters. The molecule has 2 aromatic carbocycles. The summed E-state index contributed by atoms with van der Waals surface area (Å²) in [6.45, 7) is 5.48. The van der Waals surface area contributed by atoms with E-state index in [0.29, 0.717) is 13.1 Å². The highest BCUT2D eigenvalue weighted by molar-refractivity contribution is 5.95. The monoisotopic (exact) mass is 453 g/mol. The van der Waals surface area contributed by atoms with Gasteiger partial charge in [0.1, 0.15) is 11.5 Å². The lowest BCUT2D eigenvalue weighted by molar-refractivity contribution is -0.134. The van der Waals surface area contributed by atoms with Gasteiger partial charge in [0.05, 0.1) is 32.8 Å². The Hall–Kier alpha value is -3.06. The van der Waals surface area contributed by atoms with Gasteiger partial charge in [-0.2, -0.15) is 0 Å². The Morgan fingerprint density at radius 3 is 2.58 bits per heavy atom. The highest BCUT2D eigenvalue weighted by atomic mass is 16.5. The number of carbonyl (C=O) groups is 2. The maximum atomic E-state index is 13.4. The number of benzene rings is 2. The third kappa shape index (κ3) is 6.05. The topological polar surface area (TPSA) is 71.1 Å². The minimum atomic E-state index is -0.425. The maximum Gasteiger partial charge on any atom is 0.241 e. The second-order valence-electron chi connectivity index (χ2n) is 8.35. The summed E-state index contributed by atoms with van der Waals surface area (Å²) >= 11 is 0. The van der Waals surface area contributed by atoms with Crippen molar-refractivity contribution in [1.82, 2.24) is 9.80 Å². The molecule has 1 aliphatic rings. The summed E-state index contributed by atoms with van der Waals surface area (Å²) < 4.78 is 10.9. The fourth-order valence-corrected chi connectivity index (χ4v) is 4.38. The number of nitrogens with one attached hydrogen (secondary N) is 1. The quantitative estimate of drug-likeness (QED) is 0.586. The largest absolute Gasteiger partial charge is 0.497 e. The number of hydrogen-bond acceptors (Lipinski definition) is 5. The Kier molecular flexibility index (Phi) is 8.72. The van der Waals surface area contributed by atoms with Gasteiger partial charge in [-0.1, -0.05) is 25.1 Å². The first-order chi connectivity index (χ1) is 16.0. The molecule has 178 valence electrons. The molecule has 7 heteroatoms. The van der Waals surface area contributed by atoms with Crippen molar-refractivity contribution >= 4 is 17.5 Å². The fraction of sp³-hybridized carbons (Fsp3) is 0.462. The first kappa shape index (κ1) is 24.6. The first-order valence-corrected chi connectivity index (χ1v) is 11.6. The number of carbonyl (C=O) groups excluding carboxylic acids is 2. The van der Waals surface area contributed by atoms with Crippen molar-refractivity contribution in [2.75, 3.05) is 39.2 Å². The zero-order chi connectivity index (χ0) is 23.8. The van der Waals surface area contributed by atoms with Gasteiger partial charge in [0.2, 0.25) is 11.8 Å². The van der Waals surface area contributed by atoms with Gasteiger partial charge in [0.15, 0.2) is 0 Å². The molecular formula is C26H35N3O4. The Morgan fingerprint density at radius 1 is 1.15 bits per heavy atom. The molecule has 2 atom stereocenters. The summed E-state index contributed by atoms with van der Waals surface area (Å²) in [4.78, 5) is 30.1. The number of para-hydroxylation sites is 1. The summed E-state index contributed by atoms with van der Waals surface area (Å²) in [5.74, 6) is 1.36. The number of amides is 2. The number of likely N-dealkylation sites (tertiary alicyclic amines) is 1. The van der Waals surface area contributed by atoms with Crippen molar-refractivity contribution in [2.24, 2.45) is 0 Å². The van der Waals surface area contributed by atoms with E-state index >= 15 is 0 Å². The third-order valence-corrected chi connectivity index (χ3v) is 6.19. The summed E-state index contributed by atoms with van der Waals surface area (Å²) in [5.41, 5.74) is 1.74. The number of anilines is 1. The molecule has 1 saturated heterocycles. The molecule has 33 heavy (non-hydrogen) atoms. The Bertz CT molecular complexity index is 934. The van der Waals surface area contributed by atoms with E-state index in [0.717, 1.165) is 42.0 Å². The van der Waals surface area contributed by atoms with Crippen molar-refractivity contribution < 1.29 is 19.1 Å². The third-order valence-electron chi connectivity index (χ3n) is 6.19. The highest BCUT2D eigenvalue weighted by Gasteiger charge is 2.34. The molecule has 7 nitrogen and oxygen atoms in total. The molecule has 0 bridgehead atoms. The van der Waals surface area contributed by atoms with Crippen LogP contribution in [-0.4, -0.2) is 61.5 Å². The van der Waals surface area contributed by atoms with E-state index in [-0.39, 0.29) is 24.4 Å². The molecular weight excluding hydrogens is 418 g/mol. The van der Waals surface area contributed by atoms with Crippen LogP contribution >= 0.6 is 0 Å². The first-order valence-electron chi connectivity index (χ1n) is 11.6. The van der Waals surface area contributed by atoms with Crippen LogP contribution in [-0.2, 0) is 9.59 Å². The highest BCUT2D eigenvalue weighted by Crippen LogP contribution is 2.38. The number of ether oxygens (including phenoxy) is 2. The molecule has 1 fully saturated rings. The Labute approximate surface area is 196 Å². The van der Waals surface area contributed by atoms with Crippen LogP contribution in [0.1, 0.15) is 44.7 Å². The molecule has 2 amide bonds. The van der Waals surface area contributed by atoms with Crippen molar-refractivity contribution in [3.63, 3.8) is 0 Å². The van der Waals surface area contributed by atoms with Crippen LogP contribution in [0.4, 0.5) is 5.69 Å². The average Bonchev–Trinajstić information content (AvgIpc) is 3.33. The Balaban J connectivity index is 1.72. The van der Waals surface area contributed by atoms with E-state index in [9.17, 15) is 9.59 Å². The lowest BCUT2D eigenvalue weighted by atomic mass is 10.0. The number of methoxy groups -OCH3 is 2. The smallest absolute Gasteiger partial charge is 0.241 e. The van der Waals surface area contributed by atoms with Gasteiger partial charge in [0, 0.05) is 23.9 Å². The molecule has 0 radical (unpaired) electrons. The second kappa shape index (κ2) is 11.7. The lowest BCUT2D eigenvalue weighted by Gasteiger charge is -2.32. The Morgan fingerprint density at radius 2 is 1.91 bits per heavy atom.